The van der Waals surface area contributed by atoms with Gasteiger partial charge in [-0.3, -0.25) is 4.79 Å². The predicted octanol–water partition coefficient (Wildman–Crippen LogP) is 2.47. The van der Waals surface area contributed by atoms with Gasteiger partial charge in [0.1, 0.15) is 5.75 Å². The Morgan fingerprint density at radius 3 is 2.29 bits per heavy atom. The van der Waals surface area contributed by atoms with Crippen molar-refractivity contribution in [2.45, 2.75) is 19.3 Å². The first kappa shape index (κ1) is 13.7. The normalized spacial score (nSPS) is 13.9. The number of amides is 1. The van der Waals surface area contributed by atoms with Gasteiger partial charge in [0.25, 0.3) is 0 Å². The molecule has 1 aliphatic rings. The van der Waals surface area contributed by atoms with Crippen LogP contribution in [0.15, 0.2) is 48.5 Å². The number of rotatable bonds is 4. The SMILES string of the molecule is O=C(NCCc1ccc(O)cc1)C1Cc2ccccc2C1. The molecule has 108 valence electrons. The molecule has 2 N–H and O–H groups in total. The lowest BCUT2D eigenvalue weighted by atomic mass is 10.1. The molecule has 0 unspecified atom stereocenters. The van der Waals surface area contributed by atoms with Crippen LogP contribution >= 0.6 is 0 Å². The first-order valence-electron chi connectivity index (χ1n) is 7.35. The maximum atomic E-state index is 12.2. The largest absolute Gasteiger partial charge is 0.508 e. The van der Waals surface area contributed by atoms with Crippen molar-refractivity contribution in [2.75, 3.05) is 6.54 Å². The summed E-state index contributed by atoms with van der Waals surface area (Å²) in [6, 6.07) is 15.4. The fourth-order valence-corrected chi connectivity index (χ4v) is 2.88. The quantitative estimate of drug-likeness (QED) is 0.904. The molecule has 3 rings (SSSR count). The molecule has 2 aromatic carbocycles. The summed E-state index contributed by atoms with van der Waals surface area (Å²) < 4.78 is 0. The molecule has 0 bridgehead atoms. The Balaban J connectivity index is 1.48. The summed E-state index contributed by atoms with van der Waals surface area (Å²) in [6.45, 7) is 0.635. The van der Waals surface area contributed by atoms with Crippen LogP contribution in [0.4, 0.5) is 0 Å². The monoisotopic (exact) mass is 281 g/mol. The first-order chi connectivity index (χ1) is 10.2. The molecule has 3 nitrogen and oxygen atoms in total. The summed E-state index contributed by atoms with van der Waals surface area (Å²) in [5.41, 5.74) is 3.72. The molecule has 0 atom stereocenters. The van der Waals surface area contributed by atoms with E-state index in [2.05, 4.69) is 17.4 Å². The topological polar surface area (TPSA) is 49.3 Å². The molecule has 2 aromatic rings. The third-order valence-corrected chi connectivity index (χ3v) is 4.07. The number of nitrogens with one attached hydrogen (secondary N) is 1. The molecule has 1 amide bonds. The molecule has 0 radical (unpaired) electrons. The standard InChI is InChI=1S/C18H19NO2/c20-17-7-5-13(6-8-17)9-10-19-18(21)16-11-14-3-1-2-4-15(14)12-16/h1-8,16,20H,9-12H2,(H,19,21). The van der Waals surface area contributed by atoms with E-state index in [4.69, 9.17) is 0 Å². The number of fused-ring (bicyclic) bond motifs is 1. The molecule has 0 spiro atoms. The van der Waals surface area contributed by atoms with Crippen LogP contribution in [-0.2, 0) is 24.1 Å². The summed E-state index contributed by atoms with van der Waals surface area (Å²) in [4.78, 5) is 12.2. The Hall–Kier alpha value is -2.29. The van der Waals surface area contributed by atoms with Gasteiger partial charge in [0, 0.05) is 12.5 Å². The molecule has 0 saturated carbocycles. The first-order valence-corrected chi connectivity index (χ1v) is 7.35. The number of carbonyl (C=O) groups is 1. The molecular formula is C18H19NO2. The van der Waals surface area contributed by atoms with Crippen LogP contribution < -0.4 is 5.32 Å². The van der Waals surface area contributed by atoms with E-state index >= 15 is 0 Å². The molecule has 0 fully saturated rings. The van der Waals surface area contributed by atoms with E-state index in [1.807, 2.05) is 24.3 Å². The zero-order valence-electron chi connectivity index (χ0n) is 11.9. The number of phenols is 1. The molecule has 1 aliphatic carbocycles. The van der Waals surface area contributed by atoms with Crippen molar-refractivity contribution in [3.63, 3.8) is 0 Å². The summed E-state index contributed by atoms with van der Waals surface area (Å²) in [5, 5.41) is 12.3. The molecular weight excluding hydrogens is 262 g/mol. The maximum Gasteiger partial charge on any atom is 0.223 e. The molecule has 3 heteroatoms. The number of carbonyl (C=O) groups excluding carboxylic acids is 1. The highest BCUT2D eigenvalue weighted by Crippen LogP contribution is 2.26. The van der Waals surface area contributed by atoms with Gasteiger partial charge in [0.15, 0.2) is 0 Å². The average molecular weight is 281 g/mol. The zero-order valence-corrected chi connectivity index (χ0v) is 11.9. The van der Waals surface area contributed by atoms with Crippen LogP contribution in [0.3, 0.4) is 0 Å². The third kappa shape index (κ3) is 3.24. The number of benzene rings is 2. The van der Waals surface area contributed by atoms with Crippen LogP contribution in [0.2, 0.25) is 0 Å². The van der Waals surface area contributed by atoms with Gasteiger partial charge in [-0.05, 0) is 48.1 Å². The van der Waals surface area contributed by atoms with Crippen LogP contribution in [0, 0.1) is 5.92 Å². The van der Waals surface area contributed by atoms with Crippen molar-refractivity contribution in [1.82, 2.24) is 5.32 Å². The van der Waals surface area contributed by atoms with E-state index in [-0.39, 0.29) is 17.6 Å². The van der Waals surface area contributed by atoms with Crippen molar-refractivity contribution in [3.05, 3.63) is 65.2 Å². The van der Waals surface area contributed by atoms with Gasteiger partial charge in [-0.25, -0.2) is 0 Å². The number of hydrogen-bond acceptors (Lipinski definition) is 2. The average Bonchev–Trinajstić information content (AvgIpc) is 2.93. The van der Waals surface area contributed by atoms with E-state index in [0.29, 0.717) is 6.54 Å². The van der Waals surface area contributed by atoms with E-state index < -0.39 is 0 Å². The van der Waals surface area contributed by atoms with Crippen LogP contribution in [0.1, 0.15) is 16.7 Å². The molecule has 0 aliphatic heterocycles. The van der Waals surface area contributed by atoms with Crippen molar-refractivity contribution >= 4 is 5.91 Å². The van der Waals surface area contributed by atoms with E-state index in [0.717, 1.165) is 24.8 Å². The van der Waals surface area contributed by atoms with Gasteiger partial charge in [0.05, 0.1) is 0 Å². The number of aromatic hydroxyl groups is 1. The highest BCUT2D eigenvalue weighted by molar-refractivity contribution is 5.80. The lowest BCUT2D eigenvalue weighted by molar-refractivity contribution is -0.124. The lowest BCUT2D eigenvalue weighted by Gasteiger charge is -2.10. The van der Waals surface area contributed by atoms with Crippen molar-refractivity contribution in [3.8, 4) is 5.75 Å². The van der Waals surface area contributed by atoms with Gasteiger partial charge >= 0.3 is 0 Å². The fraction of sp³-hybridized carbons (Fsp3) is 0.278. The second kappa shape index (κ2) is 6.00. The second-order valence-corrected chi connectivity index (χ2v) is 5.58. The number of hydrogen-bond donors (Lipinski definition) is 2. The molecule has 21 heavy (non-hydrogen) atoms. The minimum atomic E-state index is 0.0715. The van der Waals surface area contributed by atoms with Crippen molar-refractivity contribution in [1.29, 1.82) is 0 Å². The van der Waals surface area contributed by atoms with Crippen molar-refractivity contribution in [2.24, 2.45) is 5.92 Å². The minimum Gasteiger partial charge on any atom is -0.508 e. The van der Waals surface area contributed by atoms with E-state index in [1.165, 1.54) is 11.1 Å². The predicted molar refractivity (Wildman–Crippen MR) is 82.2 cm³/mol. The summed E-state index contributed by atoms with van der Waals surface area (Å²) in [5.74, 6) is 0.485. The molecule has 0 aromatic heterocycles. The Bertz CT molecular complexity index is 609. The molecule has 0 saturated heterocycles. The highest BCUT2D eigenvalue weighted by atomic mass is 16.3. The third-order valence-electron chi connectivity index (χ3n) is 4.07. The molecule has 0 heterocycles. The van der Waals surface area contributed by atoms with Crippen LogP contribution in [0.25, 0.3) is 0 Å². The van der Waals surface area contributed by atoms with E-state index in [9.17, 15) is 9.90 Å². The Morgan fingerprint density at radius 1 is 1.05 bits per heavy atom. The van der Waals surface area contributed by atoms with Gasteiger partial charge < -0.3 is 10.4 Å². The smallest absolute Gasteiger partial charge is 0.223 e. The second-order valence-electron chi connectivity index (χ2n) is 5.58. The Labute approximate surface area is 124 Å². The summed E-state index contributed by atoms with van der Waals surface area (Å²) >= 11 is 0. The van der Waals surface area contributed by atoms with Crippen LogP contribution in [-0.4, -0.2) is 17.6 Å². The fourth-order valence-electron chi connectivity index (χ4n) is 2.88. The van der Waals surface area contributed by atoms with Gasteiger partial charge in [-0.15, -0.1) is 0 Å². The van der Waals surface area contributed by atoms with Gasteiger partial charge in [0.2, 0.25) is 5.91 Å². The maximum absolute atomic E-state index is 12.2. The highest BCUT2D eigenvalue weighted by Gasteiger charge is 2.26. The van der Waals surface area contributed by atoms with Gasteiger partial charge in [-0.1, -0.05) is 36.4 Å². The number of phenolic OH excluding ortho intramolecular Hbond substituents is 1. The van der Waals surface area contributed by atoms with Gasteiger partial charge in [-0.2, -0.15) is 0 Å². The van der Waals surface area contributed by atoms with Crippen molar-refractivity contribution < 1.29 is 9.90 Å². The Morgan fingerprint density at radius 2 is 1.67 bits per heavy atom. The van der Waals surface area contributed by atoms with E-state index in [1.54, 1.807) is 12.1 Å². The summed E-state index contributed by atoms with van der Waals surface area (Å²) in [7, 11) is 0. The van der Waals surface area contributed by atoms with Crippen LogP contribution in [0.5, 0.6) is 5.75 Å². The summed E-state index contributed by atoms with van der Waals surface area (Å²) in [6.07, 6.45) is 2.48. The minimum absolute atomic E-state index is 0.0715. The zero-order chi connectivity index (χ0) is 14.7. The Kier molecular flexibility index (Phi) is 3.91. The lowest BCUT2D eigenvalue weighted by Crippen LogP contribution is -2.32.